The summed E-state index contributed by atoms with van der Waals surface area (Å²) in [6, 6.07) is 7.88. The van der Waals surface area contributed by atoms with Crippen molar-refractivity contribution in [2.45, 2.75) is 20.3 Å². The van der Waals surface area contributed by atoms with E-state index in [9.17, 15) is 4.79 Å². The quantitative estimate of drug-likeness (QED) is 0.851. The molecule has 2 N–H and O–H groups in total. The maximum absolute atomic E-state index is 10.9. The second kappa shape index (κ2) is 4.41. The fourth-order valence-electron chi connectivity index (χ4n) is 1.80. The van der Waals surface area contributed by atoms with Crippen molar-refractivity contribution in [1.82, 2.24) is 9.97 Å². The summed E-state index contributed by atoms with van der Waals surface area (Å²) in [6.45, 7) is 3.97. The zero-order chi connectivity index (χ0) is 12.4. The van der Waals surface area contributed by atoms with Crippen LogP contribution in [0.25, 0.3) is 11.3 Å². The monoisotopic (exact) mass is 230 g/mol. The number of aryl methyl sites for hydroxylation is 2. The lowest BCUT2D eigenvalue weighted by Crippen LogP contribution is -1.98. The van der Waals surface area contributed by atoms with Crippen molar-refractivity contribution in [1.29, 1.82) is 0 Å². The molecule has 0 fully saturated rings. The third-order valence-corrected chi connectivity index (χ3v) is 2.63. The minimum absolute atomic E-state index is 0.00152. The maximum Gasteiger partial charge on any atom is 0.371 e. The SMILES string of the molecule is CCc1[nH]c(C(=O)O)nc1-c1cccc(C)c1. The van der Waals surface area contributed by atoms with Gasteiger partial charge in [-0.1, -0.05) is 30.7 Å². The van der Waals surface area contributed by atoms with Crippen LogP contribution in [0.15, 0.2) is 24.3 Å². The lowest BCUT2D eigenvalue weighted by molar-refractivity contribution is 0.0684. The number of carboxylic acids is 1. The molecule has 4 heteroatoms. The highest BCUT2D eigenvalue weighted by atomic mass is 16.4. The van der Waals surface area contributed by atoms with Crippen LogP contribution in [0.1, 0.15) is 28.8 Å². The van der Waals surface area contributed by atoms with Crippen LogP contribution in [-0.4, -0.2) is 21.0 Å². The number of aromatic amines is 1. The summed E-state index contributed by atoms with van der Waals surface area (Å²) < 4.78 is 0. The van der Waals surface area contributed by atoms with Gasteiger partial charge in [0.1, 0.15) is 0 Å². The van der Waals surface area contributed by atoms with E-state index in [1.807, 2.05) is 38.1 Å². The van der Waals surface area contributed by atoms with E-state index in [4.69, 9.17) is 5.11 Å². The molecule has 1 aromatic heterocycles. The lowest BCUT2D eigenvalue weighted by Gasteiger charge is -2.01. The molecular formula is C13H14N2O2. The number of nitrogens with zero attached hydrogens (tertiary/aromatic N) is 1. The molecule has 4 nitrogen and oxygen atoms in total. The Kier molecular flexibility index (Phi) is 2.95. The summed E-state index contributed by atoms with van der Waals surface area (Å²) in [4.78, 5) is 17.9. The van der Waals surface area contributed by atoms with Gasteiger partial charge in [-0.15, -0.1) is 0 Å². The zero-order valence-corrected chi connectivity index (χ0v) is 9.82. The summed E-state index contributed by atoms with van der Waals surface area (Å²) in [5, 5.41) is 8.93. The molecular weight excluding hydrogens is 216 g/mol. The van der Waals surface area contributed by atoms with Crippen LogP contribution in [-0.2, 0) is 6.42 Å². The average molecular weight is 230 g/mol. The molecule has 88 valence electrons. The number of hydrogen-bond acceptors (Lipinski definition) is 2. The van der Waals surface area contributed by atoms with E-state index in [1.165, 1.54) is 0 Å². The smallest absolute Gasteiger partial charge is 0.371 e. The summed E-state index contributed by atoms with van der Waals surface area (Å²) in [6.07, 6.45) is 0.726. The molecule has 0 saturated carbocycles. The van der Waals surface area contributed by atoms with Gasteiger partial charge < -0.3 is 10.1 Å². The number of nitrogens with one attached hydrogen (secondary N) is 1. The number of benzene rings is 1. The number of hydrogen-bond donors (Lipinski definition) is 2. The van der Waals surface area contributed by atoms with Crippen molar-refractivity contribution in [3.63, 3.8) is 0 Å². The van der Waals surface area contributed by atoms with Gasteiger partial charge in [0.25, 0.3) is 0 Å². The lowest BCUT2D eigenvalue weighted by atomic mass is 10.1. The van der Waals surface area contributed by atoms with Crippen LogP contribution in [0.2, 0.25) is 0 Å². The Labute approximate surface area is 99.3 Å². The van der Waals surface area contributed by atoms with Gasteiger partial charge in [0.05, 0.1) is 5.69 Å². The zero-order valence-electron chi connectivity index (χ0n) is 9.82. The predicted molar refractivity (Wildman–Crippen MR) is 65.1 cm³/mol. The molecule has 17 heavy (non-hydrogen) atoms. The molecule has 0 bridgehead atoms. The Morgan fingerprint density at radius 3 is 2.82 bits per heavy atom. The second-order valence-electron chi connectivity index (χ2n) is 3.94. The van der Waals surface area contributed by atoms with Crippen molar-refractivity contribution in [3.8, 4) is 11.3 Å². The minimum Gasteiger partial charge on any atom is -0.475 e. The first-order valence-corrected chi connectivity index (χ1v) is 5.51. The van der Waals surface area contributed by atoms with E-state index in [0.29, 0.717) is 0 Å². The number of aromatic carboxylic acids is 1. The van der Waals surface area contributed by atoms with Crippen molar-refractivity contribution < 1.29 is 9.90 Å². The van der Waals surface area contributed by atoms with E-state index in [0.717, 1.165) is 28.9 Å². The third kappa shape index (κ3) is 2.20. The predicted octanol–water partition coefficient (Wildman–Crippen LogP) is 2.65. The Balaban J connectivity index is 2.54. The van der Waals surface area contributed by atoms with E-state index in [-0.39, 0.29) is 5.82 Å². The molecule has 0 radical (unpaired) electrons. The highest BCUT2D eigenvalue weighted by Crippen LogP contribution is 2.23. The number of imidazole rings is 1. The number of carbonyl (C=O) groups is 1. The van der Waals surface area contributed by atoms with Gasteiger partial charge in [0.2, 0.25) is 5.82 Å². The van der Waals surface area contributed by atoms with E-state index < -0.39 is 5.97 Å². The van der Waals surface area contributed by atoms with Gasteiger partial charge in [-0.2, -0.15) is 0 Å². The number of rotatable bonds is 3. The van der Waals surface area contributed by atoms with Gasteiger partial charge in [-0.25, -0.2) is 9.78 Å². The van der Waals surface area contributed by atoms with Crippen LogP contribution >= 0.6 is 0 Å². The first-order chi connectivity index (χ1) is 8.11. The molecule has 0 aliphatic heterocycles. The molecule has 0 saturated heterocycles. The highest BCUT2D eigenvalue weighted by Gasteiger charge is 2.14. The summed E-state index contributed by atoms with van der Waals surface area (Å²) in [5.41, 5.74) is 3.66. The van der Waals surface area contributed by atoms with E-state index in [1.54, 1.807) is 0 Å². The molecule has 0 unspecified atom stereocenters. The van der Waals surface area contributed by atoms with Crippen molar-refractivity contribution in [3.05, 3.63) is 41.3 Å². The van der Waals surface area contributed by atoms with Crippen LogP contribution in [0.4, 0.5) is 0 Å². The van der Waals surface area contributed by atoms with Crippen molar-refractivity contribution >= 4 is 5.97 Å². The van der Waals surface area contributed by atoms with Crippen LogP contribution < -0.4 is 0 Å². The largest absolute Gasteiger partial charge is 0.475 e. The number of carboxylic acid groups (broad SMARTS) is 1. The molecule has 0 spiro atoms. The fourth-order valence-corrected chi connectivity index (χ4v) is 1.80. The Bertz CT molecular complexity index is 558. The van der Waals surface area contributed by atoms with Gasteiger partial charge in [-0.05, 0) is 19.4 Å². The topological polar surface area (TPSA) is 66.0 Å². The molecule has 2 aromatic rings. The second-order valence-corrected chi connectivity index (χ2v) is 3.94. The number of aromatic nitrogens is 2. The summed E-state index contributed by atoms with van der Waals surface area (Å²) >= 11 is 0. The maximum atomic E-state index is 10.9. The molecule has 1 aromatic carbocycles. The summed E-state index contributed by atoms with van der Waals surface area (Å²) in [5.74, 6) is -1.03. The van der Waals surface area contributed by atoms with Gasteiger partial charge in [0, 0.05) is 11.3 Å². The van der Waals surface area contributed by atoms with Crippen LogP contribution in [0, 0.1) is 6.92 Å². The Hall–Kier alpha value is -2.10. The Morgan fingerprint density at radius 1 is 1.47 bits per heavy atom. The van der Waals surface area contributed by atoms with Crippen molar-refractivity contribution in [2.75, 3.05) is 0 Å². The van der Waals surface area contributed by atoms with Crippen LogP contribution in [0.5, 0.6) is 0 Å². The van der Waals surface area contributed by atoms with Gasteiger partial charge in [-0.3, -0.25) is 0 Å². The molecule has 0 aliphatic carbocycles. The van der Waals surface area contributed by atoms with E-state index in [2.05, 4.69) is 9.97 Å². The highest BCUT2D eigenvalue weighted by molar-refractivity contribution is 5.84. The Morgan fingerprint density at radius 2 is 2.24 bits per heavy atom. The molecule has 0 amide bonds. The molecule has 1 heterocycles. The van der Waals surface area contributed by atoms with Gasteiger partial charge in [0.15, 0.2) is 0 Å². The first-order valence-electron chi connectivity index (χ1n) is 5.51. The molecule has 0 aliphatic rings. The standard InChI is InChI=1S/C13H14N2O2/c1-3-10-11(15-12(14-10)13(16)17)9-6-4-5-8(2)7-9/h4-7H,3H2,1-2H3,(H,14,15)(H,16,17). The van der Waals surface area contributed by atoms with Crippen molar-refractivity contribution in [2.24, 2.45) is 0 Å². The fraction of sp³-hybridized carbons (Fsp3) is 0.231. The minimum atomic E-state index is -1.03. The average Bonchev–Trinajstić information content (AvgIpc) is 2.73. The molecule has 0 atom stereocenters. The third-order valence-electron chi connectivity index (χ3n) is 2.63. The van der Waals surface area contributed by atoms with Gasteiger partial charge >= 0.3 is 5.97 Å². The van der Waals surface area contributed by atoms with Crippen LogP contribution in [0.3, 0.4) is 0 Å². The molecule has 2 rings (SSSR count). The van der Waals surface area contributed by atoms with E-state index >= 15 is 0 Å². The first kappa shape index (κ1) is 11.4. The summed E-state index contributed by atoms with van der Waals surface area (Å²) in [7, 11) is 0. The normalized spacial score (nSPS) is 10.5. The number of H-pyrrole nitrogens is 1.